The molecule has 0 aromatic heterocycles. The molecule has 1 nitrogen and oxygen atoms in total. The monoisotopic (exact) mass is 184 g/mol. The molecule has 0 saturated carbocycles. The Hall–Kier alpha value is -0.630. The molecule has 0 aliphatic rings. The van der Waals surface area contributed by atoms with Gasteiger partial charge < -0.3 is 4.74 Å². The molecule has 0 amide bonds. The van der Waals surface area contributed by atoms with Crippen LogP contribution >= 0.6 is 12.6 Å². The maximum Gasteiger partial charge on any atom is 0.119 e. The molecule has 68 valence electrons. The summed E-state index contributed by atoms with van der Waals surface area (Å²) in [7, 11) is 1.65. The van der Waals surface area contributed by atoms with Crippen LogP contribution in [0, 0.1) is 6.92 Å². The average Bonchev–Trinajstić information content (AvgIpc) is 2.13. The fourth-order valence-electron chi connectivity index (χ4n) is 0.716. The van der Waals surface area contributed by atoms with Crippen molar-refractivity contribution in [3.05, 3.63) is 23.8 Å². The number of methoxy groups -OCH3 is 1. The van der Waals surface area contributed by atoms with Crippen LogP contribution in [0.4, 0.5) is 0 Å². The molecule has 0 radical (unpaired) electrons. The number of benzene rings is 1. The van der Waals surface area contributed by atoms with Gasteiger partial charge >= 0.3 is 0 Å². The molecule has 2 heteroatoms. The van der Waals surface area contributed by atoms with E-state index >= 15 is 0 Å². The Bertz CT molecular complexity index is 233. The van der Waals surface area contributed by atoms with E-state index in [-0.39, 0.29) is 0 Å². The van der Waals surface area contributed by atoms with E-state index in [2.05, 4.69) is 12.6 Å². The van der Waals surface area contributed by atoms with Crippen molar-refractivity contribution in [1.29, 1.82) is 0 Å². The third-order valence-electron chi connectivity index (χ3n) is 1.42. The molecule has 0 atom stereocenters. The minimum Gasteiger partial charge on any atom is -0.497 e. The molecule has 1 rings (SSSR count). The minimum atomic E-state index is 0.857. The SMILES string of the molecule is CC.COc1ccc(C)c(S)c1. The molecule has 1 aromatic carbocycles. The fraction of sp³-hybridized carbons (Fsp3) is 0.400. The zero-order valence-corrected chi connectivity index (χ0v) is 8.98. The highest BCUT2D eigenvalue weighted by molar-refractivity contribution is 7.80. The zero-order chi connectivity index (χ0) is 9.56. The van der Waals surface area contributed by atoms with Gasteiger partial charge in [-0.2, -0.15) is 0 Å². The van der Waals surface area contributed by atoms with Gasteiger partial charge in [-0.3, -0.25) is 0 Å². The van der Waals surface area contributed by atoms with Gasteiger partial charge in [-0.25, -0.2) is 0 Å². The van der Waals surface area contributed by atoms with Gasteiger partial charge in [-0.05, 0) is 24.6 Å². The van der Waals surface area contributed by atoms with Crippen molar-refractivity contribution in [2.45, 2.75) is 25.7 Å². The van der Waals surface area contributed by atoms with Crippen molar-refractivity contribution in [1.82, 2.24) is 0 Å². The third kappa shape index (κ3) is 3.18. The summed E-state index contributed by atoms with van der Waals surface area (Å²) in [4.78, 5) is 0.972. The number of thiol groups is 1. The number of hydrogen-bond acceptors (Lipinski definition) is 2. The fourth-order valence-corrected chi connectivity index (χ4v) is 0.918. The van der Waals surface area contributed by atoms with Crippen LogP contribution in [-0.4, -0.2) is 7.11 Å². The van der Waals surface area contributed by atoms with E-state index < -0.39 is 0 Å². The van der Waals surface area contributed by atoms with Gasteiger partial charge in [-0.1, -0.05) is 19.9 Å². The van der Waals surface area contributed by atoms with Crippen molar-refractivity contribution in [2.75, 3.05) is 7.11 Å². The second-order valence-corrected chi connectivity index (χ2v) is 2.63. The first kappa shape index (κ1) is 11.4. The van der Waals surface area contributed by atoms with Crippen LogP contribution in [0.2, 0.25) is 0 Å². The Kier molecular flexibility index (Phi) is 5.64. The molecule has 1 aromatic rings. The maximum absolute atomic E-state index is 5.00. The second-order valence-electron chi connectivity index (χ2n) is 2.15. The molecule has 0 N–H and O–H groups in total. The van der Waals surface area contributed by atoms with Crippen LogP contribution in [0.15, 0.2) is 23.1 Å². The first-order chi connectivity index (χ1) is 5.74. The van der Waals surface area contributed by atoms with Crippen LogP contribution in [0.3, 0.4) is 0 Å². The zero-order valence-electron chi connectivity index (χ0n) is 8.09. The summed E-state index contributed by atoms with van der Waals surface area (Å²) < 4.78 is 5.00. The Labute approximate surface area is 80.2 Å². The van der Waals surface area contributed by atoms with Crippen LogP contribution in [0.25, 0.3) is 0 Å². The van der Waals surface area contributed by atoms with Gasteiger partial charge in [0.2, 0.25) is 0 Å². The van der Waals surface area contributed by atoms with Crippen molar-refractivity contribution in [3.8, 4) is 5.75 Å². The molecule has 0 fully saturated rings. The molecule has 0 bridgehead atoms. The number of aryl methyl sites for hydroxylation is 1. The summed E-state index contributed by atoms with van der Waals surface area (Å²) in [6.07, 6.45) is 0. The van der Waals surface area contributed by atoms with E-state index in [0.717, 1.165) is 10.6 Å². The predicted molar refractivity (Wildman–Crippen MR) is 56.3 cm³/mol. The molecule has 12 heavy (non-hydrogen) atoms. The highest BCUT2D eigenvalue weighted by Crippen LogP contribution is 2.19. The third-order valence-corrected chi connectivity index (χ3v) is 1.90. The van der Waals surface area contributed by atoms with E-state index in [1.54, 1.807) is 7.11 Å². The lowest BCUT2D eigenvalue weighted by Gasteiger charge is -2.01. The summed E-state index contributed by atoms with van der Waals surface area (Å²) in [6.45, 7) is 6.02. The minimum absolute atomic E-state index is 0.857. The quantitative estimate of drug-likeness (QED) is 0.659. The average molecular weight is 184 g/mol. The van der Waals surface area contributed by atoms with Gasteiger partial charge in [-0.15, -0.1) is 12.6 Å². The normalized spacial score (nSPS) is 8.42. The highest BCUT2D eigenvalue weighted by Gasteiger charge is 1.94. The van der Waals surface area contributed by atoms with Gasteiger partial charge in [0.25, 0.3) is 0 Å². The van der Waals surface area contributed by atoms with Crippen LogP contribution < -0.4 is 4.74 Å². The predicted octanol–water partition coefficient (Wildman–Crippen LogP) is 3.32. The van der Waals surface area contributed by atoms with Crippen molar-refractivity contribution in [3.63, 3.8) is 0 Å². The topological polar surface area (TPSA) is 9.23 Å². The summed E-state index contributed by atoms with van der Waals surface area (Å²) in [5, 5.41) is 0. The molecule has 0 unspecified atom stereocenters. The smallest absolute Gasteiger partial charge is 0.119 e. The summed E-state index contributed by atoms with van der Waals surface area (Å²) in [5.41, 5.74) is 1.17. The summed E-state index contributed by atoms with van der Waals surface area (Å²) in [6, 6.07) is 5.81. The van der Waals surface area contributed by atoms with Crippen molar-refractivity contribution >= 4 is 12.6 Å². The Morgan fingerprint density at radius 2 is 1.83 bits per heavy atom. The molecule has 0 saturated heterocycles. The lowest BCUT2D eigenvalue weighted by atomic mass is 10.2. The largest absolute Gasteiger partial charge is 0.497 e. The van der Waals surface area contributed by atoms with Crippen LogP contribution in [0.5, 0.6) is 5.75 Å². The maximum atomic E-state index is 5.00. The Morgan fingerprint density at radius 1 is 1.25 bits per heavy atom. The van der Waals surface area contributed by atoms with Gasteiger partial charge in [0.1, 0.15) is 5.75 Å². The standard InChI is InChI=1S/C8H10OS.C2H6/c1-6-3-4-7(9-2)5-8(6)10;1-2/h3-5,10H,1-2H3;1-2H3. The van der Waals surface area contributed by atoms with E-state index in [1.165, 1.54) is 5.56 Å². The van der Waals surface area contributed by atoms with Gasteiger partial charge in [0.15, 0.2) is 0 Å². The lowest BCUT2D eigenvalue weighted by molar-refractivity contribution is 0.413. The molecule has 0 spiro atoms. The molecular weight excluding hydrogens is 168 g/mol. The van der Waals surface area contributed by atoms with E-state index in [9.17, 15) is 0 Å². The van der Waals surface area contributed by atoms with E-state index in [0.29, 0.717) is 0 Å². The molecule has 0 heterocycles. The first-order valence-corrected chi connectivity index (χ1v) is 4.52. The van der Waals surface area contributed by atoms with Crippen LogP contribution in [-0.2, 0) is 0 Å². The number of ether oxygens (including phenoxy) is 1. The molecule has 0 aliphatic heterocycles. The molecule has 0 aliphatic carbocycles. The summed E-state index contributed by atoms with van der Waals surface area (Å²) >= 11 is 4.24. The second kappa shape index (κ2) is 5.95. The highest BCUT2D eigenvalue weighted by atomic mass is 32.1. The lowest BCUT2D eigenvalue weighted by Crippen LogP contribution is -1.83. The number of hydrogen-bond donors (Lipinski definition) is 1. The van der Waals surface area contributed by atoms with Gasteiger partial charge in [0.05, 0.1) is 7.11 Å². The van der Waals surface area contributed by atoms with E-state index in [4.69, 9.17) is 4.74 Å². The first-order valence-electron chi connectivity index (χ1n) is 4.07. The van der Waals surface area contributed by atoms with Crippen molar-refractivity contribution in [2.24, 2.45) is 0 Å². The van der Waals surface area contributed by atoms with Crippen molar-refractivity contribution < 1.29 is 4.74 Å². The Morgan fingerprint density at radius 3 is 2.25 bits per heavy atom. The number of rotatable bonds is 1. The van der Waals surface area contributed by atoms with E-state index in [1.807, 2.05) is 39.0 Å². The Balaban J connectivity index is 0.000000561. The van der Waals surface area contributed by atoms with Gasteiger partial charge in [0, 0.05) is 4.90 Å². The summed E-state index contributed by atoms with van der Waals surface area (Å²) in [5.74, 6) is 0.857. The molecular formula is C10H16OS. The van der Waals surface area contributed by atoms with Crippen LogP contribution in [0.1, 0.15) is 19.4 Å².